The molecule has 0 aromatic heterocycles. The second kappa shape index (κ2) is 8.28. The number of carbonyl (C=O) groups excluding carboxylic acids is 2. The molecule has 1 atom stereocenters. The van der Waals surface area contributed by atoms with Gasteiger partial charge >= 0.3 is 0 Å². The molecule has 1 aliphatic rings. The van der Waals surface area contributed by atoms with E-state index >= 15 is 0 Å². The van der Waals surface area contributed by atoms with Gasteiger partial charge in [0.25, 0.3) is 11.8 Å². The average molecular weight is 349 g/mol. The quantitative estimate of drug-likeness (QED) is 0.868. The van der Waals surface area contributed by atoms with E-state index in [4.69, 9.17) is 10.00 Å². The highest BCUT2D eigenvalue weighted by Crippen LogP contribution is 2.13. The fraction of sp³-hybridized carbons (Fsp3) is 0.250. The van der Waals surface area contributed by atoms with Crippen LogP contribution >= 0.6 is 0 Å². The molecule has 0 bridgehead atoms. The van der Waals surface area contributed by atoms with Crippen LogP contribution in [-0.4, -0.2) is 31.1 Å². The molecular weight excluding hydrogens is 330 g/mol. The van der Waals surface area contributed by atoms with Crippen LogP contribution in [0.25, 0.3) is 0 Å². The van der Waals surface area contributed by atoms with Crippen LogP contribution in [-0.2, 0) is 4.74 Å². The van der Waals surface area contributed by atoms with Crippen LogP contribution in [0.2, 0.25) is 0 Å². The van der Waals surface area contributed by atoms with E-state index in [9.17, 15) is 9.59 Å². The van der Waals surface area contributed by atoms with Crippen LogP contribution in [0, 0.1) is 11.3 Å². The lowest BCUT2D eigenvalue weighted by molar-refractivity contribution is 0.0857. The van der Waals surface area contributed by atoms with Crippen molar-refractivity contribution in [3.05, 3.63) is 65.2 Å². The molecule has 2 aromatic rings. The number of benzene rings is 2. The molecule has 1 fully saturated rings. The second-order valence-corrected chi connectivity index (χ2v) is 6.07. The molecule has 132 valence electrons. The van der Waals surface area contributed by atoms with Gasteiger partial charge in [0.2, 0.25) is 0 Å². The third-order valence-corrected chi connectivity index (χ3v) is 4.17. The fourth-order valence-electron chi connectivity index (χ4n) is 2.76. The Labute approximate surface area is 151 Å². The molecule has 0 spiro atoms. The van der Waals surface area contributed by atoms with Crippen LogP contribution in [0.15, 0.2) is 48.5 Å². The molecule has 2 amide bonds. The van der Waals surface area contributed by atoms with Crippen molar-refractivity contribution < 1.29 is 14.3 Å². The molecule has 2 aromatic carbocycles. The zero-order valence-electron chi connectivity index (χ0n) is 14.2. The lowest BCUT2D eigenvalue weighted by atomic mass is 10.1. The van der Waals surface area contributed by atoms with Gasteiger partial charge < -0.3 is 15.4 Å². The smallest absolute Gasteiger partial charge is 0.255 e. The van der Waals surface area contributed by atoms with Crippen molar-refractivity contribution in [3.63, 3.8) is 0 Å². The summed E-state index contributed by atoms with van der Waals surface area (Å²) in [6.07, 6.45) is 2.08. The van der Waals surface area contributed by atoms with Gasteiger partial charge in [0.05, 0.1) is 17.7 Å². The van der Waals surface area contributed by atoms with Crippen LogP contribution in [0.1, 0.15) is 39.1 Å². The number of carbonyl (C=O) groups is 2. The number of ether oxygens (including phenoxy) is 1. The Balaban J connectivity index is 1.58. The van der Waals surface area contributed by atoms with Gasteiger partial charge in [-0.25, -0.2) is 0 Å². The highest BCUT2D eigenvalue weighted by molar-refractivity contribution is 6.05. The Morgan fingerprint density at radius 2 is 1.85 bits per heavy atom. The van der Waals surface area contributed by atoms with Gasteiger partial charge in [0, 0.05) is 30.0 Å². The number of anilines is 1. The molecule has 0 saturated carbocycles. The number of hydrogen-bond donors (Lipinski definition) is 2. The molecule has 1 saturated heterocycles. The zero-order chi connectivity index (χ0) is 18.4. The minimum atomic E-state index is -0.300. The minimum Gasteiger partial charge on any atom is -0.376 e. The SMILES string of the molecule is N#Cc1cccc(NC(=O)c2ccc(C(=O)NCC3CCCO3)cc2)c1. The molecule has 3 rings (SSSR count). The van der Waals surface area contributed by atoms with Crippen LogP contribution in [0.5, 0.6) is 0 Å². The van der Waals surface area contributed by atoms with E-state index in [0.717, 1.165) is 19.4 Å². The van der Waals surface area contributed by atoms with Crippen LogP contribution in [0.3, 0.4) is 0 Å². The summed E-state index contributed by atoms with van der Waals surface area (Å²) >= 11 is 0. The van der Waals surface area contributed by atoms with Gasteiger partial charge in [0.15, 0.2) is 0 Å². The summed E-state index contributed by atoms with van der Waals surface area (Å²) in [5.41, 5.74) is 1.95. The normalized spacial score (nSPS) is 15.9. The second-order valence-electron chi connectivity index (χ2n) is 6.07. The topological polar surface area (TPSA) is 91.2 Å². The van der Waals surface area contributed by atoms with E-state index in [2.05, 4.69) is 10.6 Å². The lowest BCUT2D eigenvalue weighted by Gasteiger charge is -2.11. The van der Waals surface area contributed by atoms with Crippen molar-refractivity contribution in [2.75, 3.05) is 18.5 Å². The monoisotopic (exact) mass is 349 g/mol. The van der Waals surface area contributed by atoms with Crippen molar-refractivity contribution in [1.29, 1.82) is 5.26 Å². The largest absolute Gasteiger partial charge is 0.376 e. The minimum absolute atomic E-state index is 0.0909. The predicted molar refractivity (Wildman–Crippen MR) is 96.9 cm³/mol. The first-order valence-electron chi connectivity index (χ1n) is 8.47. The van der Waals surface area contributed by atoms with Crippen molar-refractivity contribution in [2.45, 2.75) is 18.9 Å². The lowest BCUT2D eigenvalue weighted by Crippen LogP contribution is -2.31. The number of nitrogens with one attached hydrogen (secondary N) is 2. The third-order valence-electron chi connectivity index (χ3n) is 4.17. The molecule has 2 N–H and O–H groups in total. The summed E-state index contributed by atoms with van der Waals surface area (Å²) < 4.78 is 5.48. The van der Waals surface area contributed by atoms with E-state index in [1.54, 1.807) is 48.5 Å². The van der Waals surface area contributed by atoms with E-state index in [1.165, 1.54) is 0 Å². The van der Waals surface area contributed by atoms with Gasteiger partial charge in [-0.1, -0.05) is 6.07 Å². The average Bonchev–Trinajstić information content (AvgIpc) is 3.20. The number of rotatable bonds is 5. The molecular formula is C20H19N3O3. The molecule has 1 aliphatic heterocycles. The first kappa shape index (κ1) is 17.6. The summed E-state index contributed by atoms with van der Waals surface area (Å²) in [6, 6.07) is 15.2. The Kier molecular flexibility index (Phi) is 5.62. The molecule has 1 heterocycles. The molecule has 1 unspecified atom stereocenters. The van der Waals surface area contributed by atoms with E-state index in [-0.39, 0.29) is 17.9 Å². The van der Waals surface area contributed by atoms with Crippen LogP contribution in [0.4, 0.5) is 5.69 Å². The maximum Gasteiger partial charge on any atom is 0.255 e. The summed E-state index contributed by atoms with van der Waals surface area (Å²) in [7, 11) is 0. The van der Waals surface area contributed by atoms with Gasteiger partial charge in [-0.2, -0.15) is 5.26 Å². The maximum absolute atomic E-state index is 12.3. The first-order valence-corrected chi connectivity index (χ1v) is 8.47. The van der Waals surface area contributed by atoms with Crippen molar-refractivity contribution in [3.8, 4) is 6.07 Å². The highest BCUT2D eigenvalue weighted by atomic mass is 16.5. The Hall–Kier alpha value is -3.17. The van der Waals surface area contributed by atoms with Gasteiger partial charge in [-0.05, 0) is 55.3 Å². The molecule has 6 heteroatoms. The number of amides is 2. The first-order chi connectivity index (χ1) is 12.7. The molecule has 0 radical (unpaired) electrons. The van der Waals surface area contributed by atoms with Gasteiger partial charge in [-0.15, -0.1) is 0 Å². The van der Waals surface area contributed by atoms with Crippen molar-refractivity contribution in [2.24, 2.45) is 0 Å². The highest BCUT2D eigenvalue weighted by Gasteiger charge is 2.17. The number of nitriles is 1. The van der Waals surface area contributed by atoms with Gasteiger partial charge in [0.1, 0.15) is 0 Å². The molecule has 26 heavy (non-hydrogen) atoms. The van der Waals surface area contributed by atoms with E-state index < -0.39 is 0 Å². The third kappa shape index (κ3) is 4.47. The number of hydrogen-bond acceptors (Lipinski definition) is 4. The van der Waals surface area contributed by atoms with E-state index in [1.807, 2.05) is 6.07 Å². The maximum atomic E-state index is 12.3. The Bertz CT molecular complexity index is 834. The van der Waals surface area contributed by atoms with Gasteiger partial charge in [-0.3, -0.25) is 9.59 Å². The summed E-state index contributed by atoms with van der Waals surface area (Å²) in [5.74, 6) is -0.486. The summed E-state index contributed by atoms with van der Waals surface area (Å²) in [6.45, 7) is 1.25. The summed E-state index contributed by atoms with van der Waals surface area (Å²) in [4.78, 5) is 24.4. The van der Waals surface area contributed by atoms with Crippen LogP contribution < -0.4 is 10.6 Å². The standard InChI is InChI=1S/C20H19N3O3/c21-12-14-3-1-4-17(11-14)23-20(25)16-8-6-15(7-9-16)19(24)22-13-18-5-2-10-26-18/h1,3-4,6-9,11,18H,2,5,10,13H2,(H,22,24)(H,23,25). The Morgan fingerprint density at radius 3 is 2.50 bits per heavy atom. The molecule has 6 nitrogen and oxygen atoms in total. The summed E-state index contributed by atoms with van der Waals surface area (Å²) in [5, 5.41) is 14.5. The predicted octanol–water partition coefficient (Wildman–Crippen LogP) is 2.72. The zero-order valence-corrected chi connectivity index (χ0v) is 14.2. The van der Waals surface area contributed by atoms with Crippen molar-refractivity contribution >= 4 is 17.5 Å². The van der Waals surface area contributed by atoms with Crippen molar-refractivity contribution in [1.82, 2.24) is 5.32 Å². The Morgan fingerprint density at radius 1 is 1.12 bits per heavy atom. The fourth-order valence-corrected chi connectivity index (χ4v) is 2.76. The number of nitrogens with zero attached hydrogens (tertiary/aromatic N) is 1. The molecule has 0 aliphatic carbocycles. The van der Waals surface area contributed by atoms with E-state index in [0.29, 0.717) is 28.9 Å².